The van der Waals surface area contributed by atoms with Crippen molar-refractivity contribution in [1.82, 2.24) is 6.15 Å². The monoisotopic (exact) mass is 312 g/mol. The third-order valence-electron chi connectivity index (χ3n) is 4.62. The third kappa shape index (κ3) is 4.05. The second-order valence-electron chi connectivity index (χ2n) is 6.15. The lowest BCUT2D eigenvalue weighted by molar-refractivity contribution is 0.414. The van der Waals surface area contributed by atoms with Gasteiger partial charge >= 0.3 is 0 Å². The number of methoxy groups -OCH3 is 1. The molecule has 2 aromatic rings. The number of benzene rings is 2. The van der Waals surface area contributed by atoms with Gasteiger partial charge in [0.25, 0.3) is 0 Å². The molecule has 23 heavy (non-hydrogen) atoms. The van der Waals surface area contributed by atoms with Gasteiger partial charge in [0.1, 0.15) is 5.75 Å². The molecule has 0 bridgehead atoms. The number of aryl methyl sites for hydroxylation is 1. The van der Waals surface area contributed by atoms with Gasteiger partial charge in [-0.15, -0.1) is 0 Å². The van der Waals surface area contributed by atoms with Crippen molar-refractivity contribution in [1.29, 1.82) is 0 Å². The highest BCUT2D eigenvalue weighted by atomic mass is 16.5. The van der Waals surface area contributed by atoms with Crippen LogP contribution >= 0.6 is 0 Å². The summed E-state index contributed by atoms with van der Waals surface area (Å²) in [6, 6.07) is 15.2. The highest BCUT2D eigenvalue weighted by Gasteiger charge is 2.15. The van der Waals surface area contributed by atoms with Crippen LogP contribution in [0.5, 0.6) is 5.75 Å². The molecular formula is C20H28N2O. The second-order valence-corrected chi connectivity index (χ2v) is 6.15. The molecule has 3 nitrogen and oxygen atoms in total. The van der Waals surface area contributed by atoms with Gasteiger partial charge in [0.05, 0.1) is 7.11 Å². The molecule has 0 aliphatic carbocycles. The van der Waals surface area contributed by atoms with Gasteiger partial charge in [-0.1, -0.05) is 24.3 Å². The maximum absolute atomic E-state index is 5.25. The van der Waals surface area contributed by atoms with E-state index in [4.69, 9.17) is 4.74 Å². The van der Waals surface area contributed by atoms with Gasteiger partial charge in [0.2, 0.25) is 0 Å². The van der Waals surface area contributed by atoms with Crippen LogP contribution in [0.3, 0.4) is 0 Å². The number of rotatable bonds is 4. The molecule has 0 atom stereocenters. The van der Waals surface area contributed by atoms with E-state index in [0.717, 1.165) is 12.2 Å². The van der Waals surface area contributed by atoms with Crippen molar-refractivity contribution in [3.63, 3.8) is 0 Å². The fourth-order valence-electron chi connectivity index (χ4n) is 3.30. The van der Waals surface area contributed by atoms with Crippen LogP contribution in [0.2, 0.25) is 0 Å². The normalized spacial score (nSPS) is 14.3. The summed E-state index contributed by atoms with van der Waals surface area (Å²) in [7, 11) is 1.71. The zero-order valence-electron chi connectivity index (χ0n) is 14.3. The highest BCUT2D eigenvalue weighted by molar-refractivity contribution is 5.58. The Labute approximate surface area is 139 Å². The largest absolute Gasteiger partial charge is 0.497 e. The quantitative estimate of drug-likeness (QED) is 0.886. The molecule has 0 spiro atoms. The Morgan fingerprint density at radius 1 is 0.957 bits per heavy atom. The molecule has 0 aromatic heterocycles. The first kappa shape index (κ1) is 17.4. The van der Waals surface area contributed by atoms with Crippen molar-refractivity contribution in [2.45, 2.75) is 32.6 Å². The van der Waals surface area contributed by atoms with E-state index in [0.29, 0.717) is 0 Å². The average Bonchev–Trinajstić information content (AvgIpc) is 2.58. The number of ether oxygens (including phenoxy) is 1. The Morgan fingerprint density at radius 3 is 2.30 bits per heavy atom. The molecule has 1 aliphatic rings. The molecule has 0 amide bonds. The zero-order chi connectivity index (χ0) is 15.4. The van der Waals surface area contributed by atoms with Crippen molar-refractivity contribution < 1.29 is 4.74 Å². The van der Waals surface area contributed by atoms with E-state index in [-0.39, 0.29) is 6.15 Å². The molecule has 1 aliphatic heterocycles. The predicted octanol–water partition coefficient (Wildman–Crippen LogP) is 4.75. The number of hydrogen-bond acceptors (Lipinski definition) is 3. The molecule has 0 radical (unpaired) electrons. The standard InChI is InChI=1S/C20H25NO.H3N/c1-16-7-6-8-20(21-13-4-3-5-14-21)19(16)15-17-9-11-18(22-2)12-10-17;/h6-12H,3-5,13-15H2,1-2H3;1H3. The van der Waals surface area contributed by atoms with E-state index in [2.05, 4.69) is 42.2 Å². The predicted molar refractivity (Wildman–Crippen MR) is 98.1 cm³/mol. The molecule has 124 valence electrons. The van der Waals surface area contributed by atoms with Crippen molar-refractivity contribution in [2.75, 3.05) is 25.1 Å². The molecule has 3 rings (SSSR count). The van der Waals surface area contributed by atoms with Crippen LogP contribution in [0.1, 0.15) is 36.0 Å². The Hall–Kier alpha value is -2.00. The summed E-state index contributed by atoms with van der Waals surface area (Å²) in [6.07, 6.45) is 4.99. The van der Waals surface area contributed by atoms with Gasteiger partial charge in [-0.3, -0.25) is 0 Å². The van der Waals surface area contributed by atoms with E-state index >= 15 is 0 Å². The van der Waals surface area contributed by atoms with Gasteiger partial charge in [-0.25, -0.2) is 0 Å². The summed E-state index contributed by atoms with van der Waals surface area (Å²) in [6.45, 7) is 4.62. The summed E-state index contributed by atoms with van der Waals surface area (Å²) in [5, 5.41) is 0. The lowest BCUT2D eigenvalue weighted by atomic mass is 9.97. The first-order chi connectivity index (χ1) is 10.8. The van der Waals surface area contributed by atoms with Gasteiger partial charge in [0, 0.05) is 18.8 Å². The SMILES string of the molecule is COc1ccc(Cc2c(C)cccc2N2CCCCC2)cc1.N. The van der Waals surface area contributed by atoms with E-state index < -0.39 is 0 Å². The van der Waals surface area contributed by atoms with Gasteiger partial charge in [0.15, 0.2) is 0 Å². The number of anilines is 1. The minimum atomic E-state index is 0. The minimum Gasteiger partial charge on any atom is -0.497 e. The maximum atomic E-state index is 5.25. The fourth-order valence-corrected chi connectivity index (χ4v) is 3.30. The summed E-state index contributed by atoms with van der Waals surface area (Å²) in [5.41, 5.74) is 5.62. The van der Waals surface area contributed by atoms with Crippen molar-refractivity contribution in [3.05, 3.63) is 59.2 Å². The van der Waals surface area contributed by atoms with Crippen LogP contribution in [0, 0.1) is 6.92 Å². The van der Waals surface area contributed by atoms with Crippen molar-refractivity contribution in [2.24, 2.45) is 0 Å². The average molecular weight is 312 g/mol. The Morgan fingerprint density at radius 2 is 1.65 bits per heavy atom. The fraction of sp³-hybridized carbons (Fsp3) is 0.400. The van der Waals surface area contributed by atoms with Crippen LogP contribution in [-0.2, 0) is 6.42 Å². The summed E-state index contributed by atoms with van der Waals surface area (Å²) < 4.78 is 5.25. The molecule has 1 fully saturated rings. The minimum absolute atomic E-state index is 0. The lowest BCUT2D eigenvalue weighted by Crippen LogP contribution is -2.30. The number of nitrogens with zero attached hydrogens (tertiary/aromatic N) is 1. The molecule has 3 heteroatoms. The summed E-state index contributed by atoms with van der Waals surface area (Å²) >= 11 is 0. The molecule has 0 saturated carbocycles. The molecule has 0 unspecified atom stereocenters. The topological polar surface area (TPSA) is 47.5 Å². The van der Waals surface area contributed by atoms with Crippen LogP contribution < -0.4 is 15.8 Å². The first-order valence-corrected chi connectivity index (χ1v) is 8.24. The number of piperidine rings is 1. The van der Waals surface area contributed by atoms with Crippen LogP contribution in [0.15, 0.2) is 42.5 Å². The summed E-state index contributed by atoms with van der Waals surface area (Å²) in [4.78, 5) is 2.56. The molecule has 2 aromatic carbocycles. The Balaban J connectivity index is 0.00000192. The van der Waals surface area contributed by atoms with E-state index in [1.165, 1.54) is 54.7 Å². The molecular weight excluding hydrogens is 284 g/mol. The van der Waals surface area contributed by atoms with Gasteiger partial charge < -0.3 is 15.8 Å². The number of hydrogen-bond donors (Lipinski definition) is 1. The lowest BCUT2D eigenvalue weighted by Gasteiger charge is -2.31. The van der Waals surface area contributed by atoms with E-state index in [9.17, 15) is 0 Å². The van der Waals surface area contributed by atoms with Crippen LogP contribution in [-0.4, -0.2) is 20.2 Å². The molecule has 1 heterocycles. The molecule has 1 saturated heterocycles. The van der Waals surface area contributed by atoms with Gasteiger partial charge in [-0.2, -0.15) is 0 Å². The highest BCUT2D eigenvalue weighted by Crippen LogP contribution is 2.29. The summed E-state index contributed by atoms with van der Waals surface area (Å²) in [5.74, 6) is 0.921. The van der Waals surface area contributed by atoms with Crippen molar-refractivity contribution >= 4 is 5.69 Å². The second kappa shape index (κ2) is 8.02. The smallest absolute Gasteiger partial charge is 0.118 e. The van der Waals surface area contributed by atoms with E-state index in [1.807, 2.05) is 12.1 Å². The van der Waals surface area contributed by atoms with Gasteiger partial charge in [-0.05, 0) is 67.5 Å². The van der Waals surface area contributed by atoms with Crippen molar-refractivity contribution in [3.8, 4) is 5.75 Å². The Bertz CT molecular complexity index is 616. The zero-order valence-corrected chi connectivity index (χ0v) is 14.3. The maximum Gasteiger partial charge on any atom is 0.118 e. The van der Waals surface area contributed by atoms with Crippen LogP contribution in [0.25, 0.3) is 0 Å². The molecule has 3 N–H and O–H groups in total. The van der Waals surface area contributed by atoms with Crippen LogP contribution in [0.4, 0.5) is 5.69 Å². The van der Waals surface area contributed by atoms with E-state index in [1.54, 1.807) is 7.11 Å². The third-order valence-corrected chi connectivity index (χ3v) is 4.62. The first-order valence-electron chi connectivity index (χ1n) is 8.24. The Kier molecular flexibility index (Phi) is 6.05.